The highest BCUT2D eigenvalue weighted by molar-refractivity contribution is 7.21. The summed E-state index contributed by atoms with van der Waals surface area (Å²) in [5.74, 6) is -1.73. The van der Waals surface area contributed by atoms with Crippen LogP contribution in [0.3, 0.4) is 0 Å². The van der Waals surface area contributed by atoms with Gasteiger partial charge in [-0.05, 0) is 37.3 Å². The average molecular weight is 403 g/mol. The third-order valence-corrected chi connectivity index (χ3v) is 5.47. The van der Waals surface area contributed by atoms with E-state index in [2.05, 4.69) is 5.32 Å². The van der Waals surface area contributed by atoms with E-state index in [1.807, 2.05) is 24.3 Å². The minimum absolute atomic E-state index is 0.253. The molecule has 1 aromatic heterocycles. The number of hydrogen-bond donors (Lipinski definition) is 2. The Morgan fingerprint density at radius 1 is 1.11 bits per heavy atom. The number of amides is 2. The summed E-state index contributed by atoms with van der Waals surface area (Å²) in [6, 6.07) is 13.4. The average Bonchev–Trinajstić information content (AvgIpc) is 2.99. The van der Waals surface area contributed by atoms with Crippen molar-refractivity contribution < 1.29 is 19.1 Å². The van der Waals surface area contributed by atoms with Gasteiger partial charge in [0, 0.05) is 21.3 Å². The minimum Gasteiger partial charge on any atom is -0.448 e. The van der Waals surface area contributed by atoms with Crippen LogP contribution in [0.1, 0.15) is 27.0 Å². The highest BCUT2D eigenvalue weighted by Crippen LogP contribution is 2.35. The molecule has 0 aliphatic rings. The van der Waals surface area contributed by atoms with Crippen LogP contribution in [0.25, 0.3) is 10.1 Å². The smallest absolute Gasteiger partial charge is 0.350 e. The number of nitrogens with two attached hydrogens (primary N) is 1. The molecule has 3 rings (SSSR count). The molecule has 3 aromatic rings. The number of benzene rings is 2. The second-order valence-corrected chi connectivity index (χ2v) is 7.15. The fourth-order valence-corrected chi connectivity index (χ4v) is 3.77. The quantitative estimate of drug-likeness (QED) is 0.633. The van der Waals surface area contributed by atoms with E-state index in [0.717, 1.165) is 10.1 Å². The van der Waals surface area contributed by atoms with E-state index in [4.69, 9.17) is 22.1 Å². The number of esters is 1. The number of thiophene rings is 1. The monoisotopic (exact) mass is 402 g/mol. The molecule has 2 amide bonds. The van der Waals surface area contributed by atoms with Gasteiger partial charge in [0.1, 0.15) is 4.88 Å². The predicted molar refractivity (Wildman–Crippen MR) is 105 cm³/mol. The number of anilines is 1. The Morgan fingerprint density at radius 2 is 1.78 bits per heavy atom. The standard InChI is InChI=1S/C19H15ClN2O4S/c1-10(18(24)22-12-8-6-11(7-9-12)17(21)23)26-19(25)16-15(20)13-4-2-3-5-14(13)27-16/h2-10H,1H3,(H2,21,23)(H,22,24)/t10-/m0/s1. The molecule has 1 heterocycles. The summed E-state index contributed by atoms with van der Waals surface area (Å²) in [4.78, 5) is 36.0. The second-order valence-electron chi connectivity index (χ2n) is 5.72. The predicted octanol–water partition coefficient (Wildman–Crippen LogP) is 3.84. The van der Waals surface area contributed by atoms with Crippen LogP contribution in [0, 0.1) is 0 Å². The van der Waals surface area contributed by atoms with Crippen LogP contribution >= 0.6 is 22.9 Å². The van der Waals surface area contributed by atoms with Crippen molar-refractivity contribution in [3.8, 4) is 0 Å². The van der Waals surface area contributed by atoms with Gasteiger partial charge in [-0.25, -0.2) is 4.79 Å². The van der Waals surface area contributed by atoms with E-state index < -0.39 is 23.9 Å². The van der Waals surface area contributed by atoms with Gasteiger partial charge in [-0.15, -0.1) is 11.3 Å². The lowest BCUT2D eigenvalue weighted by atomic mass is 10.2. The van der Waals surface area contributed by atoms with Gasteiger partial charge in [-0.2, -0.15) is 0 Å². The Labute approximate surface area is 163 Å². The fourth-order valence-electron chi connectivity index (χ4n) is 2.37. The highest BCUT2D eigenvalue weighted by Gasteiger charge is 2.23. The molecule has 2 aromatic carbocycles. The Hall–Kier alpha value is -2.90. The first-order chi connectivity index (χ1) is 12.9. The van der Waals surface area contributed by atoms with Gasteiger partial charge in [0.25, 0.3) is 5.91 Å². The van der Waals surface area contributed by atoms with Gasteiger partial charge in [0.05, 0.1) is 5.02 Å². The molecule has 0 saturated carbocycles. The zero-order valence-corrected chi connectivity index (χ0v) is 15.8. The van der Waals surface area contributed by atoms with Crippen LogP contribution in [0.4, 0.5) is 5.69 Å². The third-order valence-electron chi connectivity index (χ3n) is 3.81. The van der Waals surface area contributed by atoms with E-state index in [-0.39, 0.29) is 4.88 Å². The highest BCUT2D eigenvalue weighted by atomic mass is 35.5. The minimum atomic E-state index is -1.03. The van der Waals surface area contributed by atoms with Crippen LogP contribution in [-0.4, -0.2) is 23.9 Å². The number of rotatable bonds is 5. The molecular weight excluding hydrogens is 388 g/mol. The Balaban J connectivity index is 1.67. The number of halogens is 1. The van der Waals surface area contributed by atoms with E-state index in [0.29, 0.717) is 16.3 Å². The number of carbonyl (C=O) groups excluding carboxylic acids is 3. The summed E-state index contributed by atoms with van der Waals surface area (Å²) in [5, 5.41) is 3.69. The number of fused-ring (bicyclic) bond motifs is 1. The summed E-state index contributed by atoms with van der Waals surface area (Å²) < 4.78 is 6.11. The summed E-state index contributed by atoms with van der Waals surface area (Å²) in [7, 11) is 0. The Bertz CT molecular complexity index is 1030. The molecule has 0 radical (unpaired) electrons. The molecule has 0 spiro atoms. The lowest BCUT2D eigenvalue weighted by Gasteiger charge is -2.13. The van der Waals surface area contributed by atoms with E-state index in [1.165, 1.54) is 42.5 Å². The fraction of sp³-hybridized carbons (Fsp3) is 0.105. The van der Waals surface area contributed by atoms with Crippen LogP contribution in [-0.2, 0) is 9.53 Å². The SMILES string of the molecule is C[C@H](OC(=O)c1sc2ccccc2c1Cl)C(=O)Nc1ccc(C(N)=O)cc1. The molecule has 0 aliphatic carbocycles. The zero-order chi connectivity index (χ0) is 19.6. The number of primary amides is 1. The summed E-state index contributed by atoms with van der Waals surface area (Å²) in [6.07, 6.45) is -1.03. The molecule has 27 heavy (non-hydrogen) atoms. The number of nitrogens with one attached hydrogen (secondary N) is 1. The van der Waals surface area contributed by atoms with E-state index in [9.17, 15) is 14.4 Å². The molecule has 0 fully saturated rings. The maximum absolute atomic E-state index is 12.4. The van der Waals surface area contributed by atoms with Crippen LogP contribution in [0.5, 0.6) is 0 Å². The number of ether oxygens (including phenoxy) is 1. The molecule has 3 N–H and O–H groups in total. The molecule has 6 nitrogen and oxygen atoms in total. The van der Waals surface area contributed by atoms with Crippen LogP contribution < -0.4 is 11.1 Å². The topological polar surface area (TPSA) is 98.5 Å². The van der Waals surface area contributed by atoms with Crippen molar-refractivity contribution in [3.63, 3.8) is 0 Å². The van der Waals surface area contributed by atoms with Crippen molar-refractivity contribution in [1.29, 1.82) is 0 Å². The van der Waals surface area contributed by atoms with E-state index >= 15 is 0 Å². The van der Waals surface area contributed by atoms with Gasteiger partial charge in [-0.1, -0.05) is 29.8 Å². The van der Waals surface area contributed by atoms with Gasteiger partial charge in [-0.3, -0.25) is 9.59 Å². The third kappa shape index (κ3) is 4.10. The van der Waals surface area contributed by atoms with Gasteiger partial charge >= 0.3 is 5.97 Å². The number of hydrogen-bond acceptors (Lipinski definition) is 5. The lowest BCUT2D eigenvalue weighted by Crippen LogP contribution is -2.29. The summed E-state index contributed by atoms with van der Waals surface area (Å²) >= 11 is 7.47. The first kappa shape index (κ1) is 18.9. The van der Waals surface area contributed by atoms with Crippen molar-refractivity contribution >= 4 is 56.5 Å². The maximum atomic E-state index is 12.4. The van der Waals surface area contributed by atoms with Gasteiger partial charge in [0.15, 0.2) is 6.10 Å². The Kier molecular flexibility index (Phi) is 5.43. The summed E-state index contributed by atoms with van der Waals surface area (Å²) in [5.41, 5.74) is 5.95. The largest absolute Gasteiger partial charge is 0.448 e. The van der Waals surface area contributed by atoms with Crippen molar-refractivity contribution in [1.82, 2.24) is 0 Å². The molecule has 0 saturated heterocycles. The maximum Gasteiger partial charge on any atom is 0.350 e. The van der Waals surface area contributed by atoms with Crippen molar-refractivity contribution in [2.24, 2.45) is 5.73 Å². The molecule has 0 bridgehead atoms. The number of carbonyl (C=O) groups is 3. The molecule has 0 aliphatic heterocycles. The molecular formula is C19H15ClN2O4S. The molecule has 8 heteroatoms. The van der Waals surface area contributed by atoms with Crippen molar-refractivity contribution in [2.45, 2.75) is 13.0 Å². The van der Waals surface area contributed by atoms with Crippen molar-refractivity contribution in [3.05, 3.63) is 64.0 Å². The normalized spacial score (nSPS) is 11.8. The van der Waals surface area contributed by atoms with Crippen molar-refractivity contribution in [2.75, 3.05) is 5.32 Å². The molecule has 0 unspecified atom stereocenters. The first-order valence-corrected chi connectivity index (χ1v) is 9.15. The molecule has 138 valence electrons. The van der Waals surface area contributed by atoms with Gasteiger partial charge in [0.2, 0.25) is 5.91 Å². The van der Waals surface area contributed by atoms with Crippen LogP contribution in [0.2, 0.25) is 5.02 Å². The van der Waals surface area contributed by atoms with Gasteiger partial charge < -0.3 is 15.8 Å². The van der Waals surface area contributed by atoms with Crippen LogP contribution in [0.15, 0.2) is 48.5 Å². The summed E-state index contributed by atoms with van der Waals surface area (Å²) in [6.45, 7) is 1.46. The lowest BCUT2D eigenvalue weighted by molar-refractivity contribution is -0.123. The zero-order valence-electron chi connectivity index (χ0n) is 14.2. The second kappa shape index (κ2) is 7.77. The first-order valence-electron chi connectivity index (χ1n) is 7.95. The van der Waals surface area contributed by atoms with E-state index in [1.54, 1.807) is 0 Å². The Morgan fingerprint density at radius 3 is 2.41 bits per heavy atom. The molecule has 1 atom stereocenters.